The second kappa shape index (κ2) is 26.8. The first-order valence-corrected chi connectivity index (χ1v) is 30.1. The molecule has 0 aliphatic carbocycles. The van der Waals surface area contributed by atoms with Gasteiger partial charge in [0, 0.05) is 64.5 Å². The van der Waals surface area contributed by atoms with Gasteiger partial charge >= 0.3 is 0 Å². The molecule has 0 unspecified atom stereocenters. The predicted octanol–water partition coefficient (Wildman–Crippen LogP) is 19.4. The minimum Gasteiger partial charge on any atom is -0.315 e. The molecule has 7 aromatic carbocycles. The van der Waals surface area contributed by atoms with Crippen molar-refractivity contribution in [3.05, 3.63) is 318 Å². The van der Waals surface area contributed by atoms with Crippen molar-refractivity contribution in [2.45, 2.75) is 0 Å². The van der Waals surface area contributed by atoms with Gasteiger partial charge in [-0.3, -0.25) is 4.57 Å². The van der Waals surface area contributed by atoms with Crippen LogP contribution in [0.3, 0.4) is 0 Å². The Morgan fingerprint density at radius 2 is 0.733 bits per heavy atom. The standard InChI is InChI=1S/C18H12ClN3.C16H10ClN3.2C13H9ClN2.C12H8ClN3/c19-18-20-12-17-16(21-18)10-11-22(17)15-8-6-14(7-9-15)13-4-2-1-3-5-13;17-16-18-10-15-13(19-16)8-9-20(15)14-7-3-5-11-4-1-2-6-12(11)14;14-13-8-10-6-7-16(12(10)9-15-13)11-4-2-1-3-5-11;14-13-7-6-12-11(15-13)8-9-16(12)10-4-2-1-3-5-10;13-11-8-14-12-10(15-11)6-7-16(12)9-4-2-1-3-5-9/h1-12H;1-10H;2*1-9H;1-8H. The molecular weight excluding hydrogens is 1220 g/mol. The lowest BCUT2D eigenvalue weighted by Gasteiger charge is -2.09. The number of nitrogens with zero attached hydrogens (tertiary/aromatic N) is 13. The van der Waals surface area contributed by atoms with Gasteiger partial charge in [-0.2, -0.15) is 0 Å². The van der Waals surface area contributed by atoms with Crippen LogP contribution in [-0.4, -0.2) is 62.7 Å². The summed E-state index contributed by atoms with van der Waals surface area (Å²) in [6.07, 6.45) is 16.8. The largest absolute Gasteiger partial charge is 0.315 e. The van der Waals surface area contributed by atoms with Gasteiger partial charge in [-0.05, 0) is 143 Å². The maximum atomic E-state index is 5.85. The van der Waals surface area contributed by atoms with Crippen molar-refractivity contribution < 1.29 is 0 Å². The third-order valence-electron chi connectivity index (χ3n) is 14.6. The van der Waals surface area contributed by atoms with Gasteiger partial charge in [0.2, 0.25) is 10.6 Å². The number of halogens is 5. The molecule has 18 heteroatoms. The zero-order valence-corrected chi connectivity index (χ0v) is 51.2. The smallest absolute Gasteiger partial charge is 0.223 e. The first-order chi connectivity index (χ1) is 44.2. The number of hydrogen-bond acceptors (Lipinski definition) is 8. The third kappa shape index (κ3) is 13.0. The predicted molar refractivity (Wildman–Crippen MR) is 367 cm³/mol. The summed E-state index contributed by atoms with van der Waals surface area (Å²) in [6.45, 7) is 0. The van der Waals surface area contributed by atoms with Gasteiger partial charge in [-0.1, -0.05) is 168 Å². The normalized spacial score (nSPS) is 10.9. The molecule has 90 heavy (non-hydrogen) atoms. The number of benzene rings is 7. The zero-order valence-electron chi connectivity index (χ0n) is 47.4. The van der Waals surface area contributed by atoms with Crippen molar-refractivity contribution in [1.29, 1.82) is 0 Å². The van der Waals surface area contributed by atoms with Crippen LogP contribution in [0.2, 0.25) is 26.0 Å². The van der Waals surface area contributed by atoms with Crippen LogP contribution in [0.5, 0.6) is 0 Å². The summed E-state index contributed by atoms with van der Waals surface area (Å²) in [7, 11) is 0. The van der Waals surface area contributed by atoms with Crippen LogP contribution >= 0.6 is 58.0 Å². The zero-order chi connectivity index (χ0) is 61.3. The Hall–Kier alpha value is -10.5. The van der Waals surface area contributed by atoms with Crippen LogP contribution in [0.1, 0.15) is 0 Å². The molecule has 0 atom stereocenters. The van der Waals surface area contributed by atoms with Gasteiger partial charge in [-0.15, -0.1) is 0 Å². The molecule has 10 heterocycles. The quantitative estimate of drug-likeness (QED) is 0.119. The van der Waals surface area contributed by atoms with Crippen molar-refractivity contribution in [2.75, 3.05) is 0 Å². The van der Waals surface area contributed by atoms with Gasteiger partial charge < -0.3 is 18.3 Å². The highest BCUT2D eigenvalue weighted by atomic mass is 35.5. The van der Waals surface area contributed by atoms with E-state index >= 15 is 0 Å². The number of rotatable bonds is 6. The summed E-state index contributed by atoms with van der Waals surface area (Å²) in [5.74, 6) is 0. The van der Waals surface area contributed by atoms with Gasteiger partial charge in [-0.25, -0.2) is 39.9 Å². The van der Waals surface area contributed by atoms with Crippen molar-refractivity contribution in [3.63, 3.8) is 0 Å². The van der Waals surface area contributed by atoms with E-state index in [-0.39, 0.29) is 10.6 Å². The van der Waals surface area contributed by atoms with Gasteiger partial charge in [0.1, 0.15) is 21.0 Å². The van der Waals surface area contributed by atoms with Crippen LogP contribution in [0.4, 0.5) is 0 Å². The molecule has 0 spiro atoms. The fraction of sp³-hybridized carbons (Fsp3) is 0. The molecule has 0 radical (unpaired) electrons. The molecule has 10 aromatic heterocycles. The molecule has 0 aliphatic heterocycles. The van der Waals surface area contributed by atoms with Gasteiger partial charge in [0.25, 0.3) is 0 Å². The maximum absolute atomic E-state index is 5.85. The fourth-order valence-corrected chi connectivity index (χ4v) is 11.2. The number of pyridine rings is 2. The summed E-state index contributed by atoms with van der Waals surface area (Å²) >= 11 is 29.2. The molecule has 0 bridgehead atoms. The Morgan fingerprint density at radius 3 is 1.39 bits per heavy atom. The summed E-state index contributed by atoms with van der Waals surface area (Å²) in [5.41, 5.74) is 16.1. The third-order valence-corrected chi connectivity index (χ3v) is 15.6. The summed E-state index contributed by atoms with van der Waals surface area (Å²) in [6, 6.07) is 79.1. The summed E-state index contributed by atoms with van der Waals surface area (Å²) in [4.78, 5) is 33.5. The van der Waals surface area contributed by atoms with E-state index in [1.165, 1.54) is 21.9 Å². The van der Waals surface area contributed by atoms with Crippen molar-refractivity contribution in [2.24, 2.45) is 0 Å². The molecule has 0 amide bonds. The maximum Gasteiger partial charge on any atom is 0.223 e. The second-order valence-electron chi connectivity index (χ2n) is 20.2. The summed E-state index contributed by atoms with van der Waals surface area (Å²) < 4.78 is 10.3. The van der Waals surface area contributed by atoms with Crippen molar-refractivity contribution in [3.8, 4) is 39.6 Å². The SMILES string of the molecule is Clc1cc2ccn(-c3ccccc3)c2cn1.Clc1ccc2c(ccn2-c2ccccc2)n1.Clc1cnc2c(ccn2-c2ccccc2)n1.Clc1ncc2c(ccn2-c2ccc(-c3ccccc3)cc2)n1.Clc1ncc2c(ccn2-c2cccc3ccccc23)n1. The van der Waals surface area contributed by atoms with E-state index < -0.39 is 0 Å². The lowest BCUT2D eigenvalue weighted by Crippen LogP contribution is -1.94. The fourth-order valence-electron chi connectivity index (χ4n) is 10.4. The van der Waals surface area contributed by atoms with Crippen molar-refractivity contribution in [1.82, 2.24) is 62.7 Å². The van der Waals surface area contributed by atoms with Gasteiger partial charge in [0.05, 0.1) is 69.1 Å². The van der Waals surface area contributed by atoms with E-state index in [4.69, 9.17) is 58.0 Å². The minimum atomic E-state index is 0.268. The highest BCUT2D eigenvalue weighted by Gasteiger charge is 2.11. The Balaban J connectivity index is 0.000000104. The van der Waals surface area contributed by atoms with Crippen LogP contribution in [-0.2, 0) is 0 Å². The highest BCUT2D eigenvalue weighted by Crippen LogP contribution is 2.29. The molecule has 436 valence electrons. The number of hydrogen-bond donors (Lipinski definition) is 0. The van der Waals surface area contributed by atoms with Crippen LogP contribution in [0.25, 0.3) is 106 Å². The molecule has 13 nitrogen and oxygen atoms in total. The van der Waals surface area contributed by atoms with E-state index in [9.17, 15) is 0 Å². The minimum absolute atomic E-state index is 0.268. The van der Waals surface area contributed by atoms with Crippen LogP contribution < -0.4 is 0 Å². The lowest BCUT2D eigenvalue weighted by molar-refractivity contribution is 1.09. The van der Waals surface area contributed by atoms with E-state index in [0.717, 1.165) is 83.6 Å². The highest BCUT2D eigenvalue weighted by molar-refractivity contribution is 6.30. The first kappa shape index (κ1) is 58.5. The molecule has 0 saturated carbocycles. The lowest BCUT2D eigenvalue weighted by atomic mass is 10.1. The van der Waals surface area contributed by atoms with E-state index in [0.29, 0.717) is 15.5 Å². The number of para-hydroxylation sites is 3. The van der Waals surface area contributed by atoms with E-state index in [2.05, 4.69) is 149 Å². The molecule has 0 N–H and O–H groups in total. The van der Waals surface area contributed by atoms with Crippen LogP contribution in [0.15, 0.2) is 292 Å². The number of aromatic nitrogens is 13. The molecule has 0 fully saturated rings. The monoisotopic (exact) mass is 1270 g/mol. The Kier molecular flexibility index (Phi) is 17.5. The summed E-state index contributed by atoms with van der Waals surface area (Å²) in [5, 5.41) is 5.51. The molecule has 0 saturated heterocycles. The topological polar surface area (TPSA) is 128 Å². The average Bonchev–Trinajstić information content (AvgIpc) is 1.78. The Morgan fingerprint density at radius 1 is 0.267 bits per heavy atom. The number of fused-ring (bicyclic) bond motifs is 6. The van der Waals surface area contributed by atoms with E-state index in [1.807, 2.05) is 181 Å². The Labute approximate surface area is 540 Å². The second-order valence-corrected chi connectivity index (χ2v) is 22.0. The molecule has 17 rings (SSSR count). The Bertz CT molecular complexity index is 4990. The molecular formula is C72H48Cl5N13. The first-order valence-electron chi connectivity index (χ1n) is 28.2. The van der Waals surface area contributed by atoms with Crippen LogP contribution in [0, 0.1) is 0 Å². The van der Waals surface area contributed by atoms with Crippen molar-refractivity contribution >= 4 is 124 Å². The van der Waals surface area contributed by atoms with E-state index in [1.54, 1.807) is 24.8 Å². The average molecular weight is 1270 g/mol. The molecule has 17 aromatic rings. The van der Waals surface area contributed by atoms with Gasteiger partial charge in [0.15, 0.2) is 5.65 Å². The molecule has 0 aliphatic rings.